The Balaban J connectivity index is 1.61. The lowest BCUT2D eigenvalue weighted by atomic mass is 10.2. The molecule has 0 radical (unpaired) electrons. The van der Waals surface area contributed by atoms with Crippen LogP contribution in [0, 0.1) is 5.82 Å². The van der Waals surface area contributed by atoms with Crippen molar-refractivity contribution in [3.05, 3.63) is 70.0 Å². The van der Waals surface area contributed by atoms with Crippen LogP contribution in [-0.4, -0.2) is 37.0 Å². The molecule has 1 aliphatic heterocycles. The maximum absolute atomic E-state index is 13.7. The highest BCUT2D eigenvalue weighted by molar-refractivity contribution is 6.32. The highest BCUT2D eigenvalue weighted by atomic mass is 35.5. The minimum atomic E-state index is -0.442. The summed E-state index contributed by atoms with van der Waals surface area (Å²) in [5.41, 5.74) is 1.28. The second-order valence-electron chi connectivity index (χ2n) is 5.76. The first-order chi connectivity index (χ1) is 12.0. The molecule has 1 heterocycles. The summed E-state index contributed by atoms with van der Waals surface area (Å²) < 4.78 is 13.7. The number of carbonyl (C=O) groups excluding carboxylic acids is 1. The van der Waals surface area contributed by atoms with Gasteiger partial charge in [-0.2, -0.15) is 0 Å². The molecule has 0 spiro atoms. The highest BCUT2D eigenvalue weighted by Gasteiger charge is 2.20. The molecule has 130 valence electrons. The zero-order valence-corrected chi connectivity index (χ0v) is 15.0. The van der Waals surface area contributed by atoms with Crippen LogP contribution in [0.25, 0.3) is 6.08 Å². The van der Waals surface area contributed by atoms with Crippen LogP contribution in [0.2, 0.25) is 10.0 Å². The number of benzene rings is 2. The van der Waals surface area contributed by atoms with E-state index in [1.807, 2.05) is 24.3 Å². The van der Waals surface area contributed by atoms with E-state index in [1.165, 1.54) is 24.3 Å². The van der Waals surface area contributed by atoms with Crippen molar-refractivity contribution in [2.24, 2.45) is 0 Å². The molecule has 2 aromatic rings. The van der Waals surface area contributed by atoms with Crippen LogP contribution >= 0.6 is 23.2 Å². The van der Waals surface area contributed by atoms with Crippen molar-refractivity contribution in [2.75, 3.05) is 31.1 Å². The molecule has 1 amide bonds. The lowest BCUT2D eigenvalue weighted by Crippen LogP contribution is -2.48. The molecular weight excluding hydrogens is 362 g/mol. The molecule has 0 saturated carbocycles. The van der Waals surface area contributed by atoms with Gasteiger partial charge in [-0.3, -0.25) is 4.79 Å². The first-order valence-corrected chi connectivity index (χ1v) is 8.72. The number of anilines is 1. The summed E-state index contributed by atoms with van der Waals surface area (Å²) in [6.07, 6.45) is 2.81. The minimum Gasteiger partial charge on any atom is -0.368 e. The molecule has 0 aromatic heterocycles. The standard InChI is InChI=1S/C19H17Cl2FN2O/c20-14-3-1-4-15(13-14)23-9-11-24(12-10-23)19(25)8-7-16-17(21)5-2-6-18(16)22/h1-8,13H,9-12H2. The number of hydrogen-bond acceptors (Lipinski definition) is 2. The van der Waals surface area contributed by atoms with Crippen molar-refractivity contribution in [3.8, 4) is 0 Å². The van der Waals surface area contributed by atoms with Crippen LogP contribution in [0.4, 0.5) is 10.1 Å². The second-order valence-corrected chi connectivity index (χ2v) is 6.60. The van der Waals surface area contributed by atoms with Crippen molar-refractivity contribution in [1.29, 1.82) is 0 Å². The van der Waals surface area contributed by atoms with Gasteiger partial charge in [0.2, 0.25) is 5.91 Å². The summed E-state index contributed by atoms with van der Waals surface area (Å²) in [5, 5.41) is 0.982. The third-order valence-corrected chi connectivity index (χ3v) is 4.72. The van der Waals surface area contributed by atoms with Crippen molar-refractivity contribution in [3.63, 3.8) is 0 Å². The van der Waals surface area contributed by atoms with E-state index in [-0.39, 0.29) is 16.5 Å². The first-order valence-electron chi connectivity index (χ1n) is 7.96. The van der Waals surface area contributed by atoms with Gasteiger partial charge >= 0.3 is 0 Å². The van der Waals surface area contributed by atoms with Crippen molar-refractivity contribution >= 4 is 40.9 Å². The Labute approximate surface area is 156 Å². The van der Waals surface area contributed by atoms with E-state index in [9.17, 15) is 9.18 Å². The molecule has 0 bridgehead atoms. The maximum atomic E-state index is 13.7. The zero-order valence-electron chi connectivity index (χ0n) is 13.5. The monoisotopic (exact) mass is 378 g/mol. The van der Waals surface area contributed by atoms with Gasteiger partial charge in [0.25, 0.3) is 0 Å². The molecule has 25 heavy (non-hydrogen) atoms. The van der Waals surface area contributed by atoms with Gasteiger partial charge in [-0.25, -0.2) is 4.39 Å². The quantitative estimate of drug-likeness (QED) is 0.734. The fraction of sp³-hybridized carbons (Fsp3) is 0.211. The molecule has 6 heteroatoms. The fourth-order valence-electron chi connectivity index (χ4n) is 2.79. The van der Waals surface area contributed by atoms with Crippen LogP contribution in [0.1, 0.15) is 5.56 Å². The Morgan fingerprint density at radius 3 is 2.44 bits per heavy atom. The van der Waals surface area contributed by atoms with Crippen molar-refractivity contribution < 1.29 is 9.18 Å². The Bertz CT molecular complexity index is 782. The minimum absolute atomic E-state index is 0.148. The molecular formula is C19H17Cl2FN2O. The van der Waals surface area contributed by atoms with Crippen LogP contribution in [-0.2, 0) is 4.79 Å². The molecule has 1 fully saturated rings. The van der Waals surface area contributed by atoms with Gasteiger partial charge < -0.3 is 9.80 Å². The molecule has 0 N–H and O–H groups in total. The van der Waals surface area contributed by atoms with Gasteiger partial charge in [0.15, 0.2) is 0 Å². The Morgan fingerprint density at radius 2 is 1.76 bits per heavy atom. The van der Waals surface area contributed by atoms with Gasteiger partial charge in [-0.15, -0.1) is 0 Å². The number of carbonyl (C=O) groups is 1. The van der Waals surface area contributed by atoms with E-state index < -0.39 is 5.82 Å². The van der Waals surface area contributed by atoms with E-state index >= 15 is 0 Å². The summed E-state index contributed by atoms with van der Waals surface area (Å²) in [5.74, 6) is -0.590. The van der Waals surface area contributed by atoms with E-state index in [0.717, 1.165) is 18.8 Å². The number of piperazine rings is 1. The van der Waals surface area contributed by atoms with Gasteiger partial charge in [0, 0.05) is 48.5 Å². The summed E-state index contributed by atoms with van der Waals surface area (Å²) in [6, 6.07) is 12.1. The van der Waals surface area contributed by atoms with Gasteiger partial charge in [-0.1, -0.05) is 35.3 Å². The van der Waals surface area contributed by atoms with Gasteiger partial charge in [0.1, 0.15) is 5.82 Å². The number of halogens is 3. The number of nitrogens with zero attached hydrogens (tertiary/aromatic N) is 2. The van der Waals surface area contributed by atoms with Crippen LogP contribution in [0.5, 0.6) is 0 Å². The molecule has 1 aliphatic rings. The topological polar surface area (TPSA) is 23.6 Å². The smallest absolute Gasteiger partial charge is 0.246 e. The largest absolute Gasteiger partial charge is 0.368 e. The van der Waals surface area contributed by atoms with Crippen molar-refractivity contribution in [2.45, 2.75) is 0 Å². The van der Waals surface area contributed by atoms with Crippen LogP contribution in [0.15, 0.2) is 48.5 Å². The predicted molar refractivity (Wildman–Crippen MR) is 101 cm³/mol. The summed E-state index contributed by atoms with van der Waals surface area (Å²) in [4.78, 5) is 16.3. The van der Waals surface area contributed by atoms with Crippen LogP contribution < -0.4 is 4.90 Å². The van der Waals surface area contributed by atoms with Crippen LogP contribution in [0.3, 0.4) is 0 Å². The van der Waals surface area contributed by atoms with Gasteiger partial charge in [-0.05, 0) is 36.4 Å². The second kappa shape index (κ2) is 7.89. The number of hydrogen-bond donors (Lipinski definition) is 0. The normalized spacial score (nSPS) is 15.0. The Morgan fingerprint density at radius 1 is 1.04 bits per heavy atom. The summed E-state index contributed by atoms with van der Waals surface area (Å²) >= 11 is 12.0. The average Bonchev–Trinajstić information content (AvgIpc) is 2.61. The summed E-state index contributed by atoms with van der Waals surface area (Å²) in [7, 11) is 0. The van der Waals surface area contributed by atoms with E-state index in [1.54, 1.807) is 11.0 Å². The maximum Gasteiger partial charge on any atom is 0.246 e. The molecule has 2 aromatic carbocycles. The first kappa shape index (κ1) is 17.8. The summed E-state index contributed by atoms with van der Waals surface area (Å²) in [6.45, 7) is 2.64. The average molecular weight is 379 g/mol. The Kier molecular flexibility index (Phi) is 5.61. The van der Waals surface area contributed by atoms with E-state index in [0.29, 0.717) is 18.1 Å². The van der Waals surface area contributed by atoms with Crippen molar-refractivity contribution in [1.82, 2.24) is 4.90 Å². The Hall–Kier alpha value is -2.04. The van der Waals surface area contributed by atoms with E-state index in [4.69, 9.17) is 23.2 Å². The molecule has 0 atom stereocenters. The lowest BCUT2D eigenvalue weighted by Gasteiger charge is -2.35. The highest BCUT2D eigenvalue weighted by Crippen LogP contribution is 2.22. The lowest BCUT2D eigenvalue weighted by molar-refractivity contribution is -0.126. The number of amides is 1. The predicted octanol–water partition coefficient (Wildman–Crippen LogP) is 4.49. The number of rotatable bonds is 3. The molecule has 1 saturated heterocycles. The fourth-order valence-corrected chi connectivity index (χ4v) is 3.20. The third-order valence-electron chi connectivity index (χ3n) is 4.16. The third kappa shape index (κ3) is 4.33. The zero-order chi connectivity index (χ0) is 17.8. The molecule has 0 aliphatic carbocycles. The molecule has 0 unspecified atom stereocenters. The molecule has 3 rings (SSSR count). The SMILES string of the molecule is O=C(C=Cc1c(F)cccc1Cl)N1CCN(c2cccc(Cl)c2)CC1. The molecule has 3 nitrogen and oxygen atoms in total. The van der Waals surface area contributed by atoms with Gasteiger partial charge in [0.05, 0.1) is 5.02 Å². The van der Waals surface area contributed by atoms with E-state index in [2.05, 4.69) is 4.90 Å².